The second kappa shape index (κ2) is 6.43. The van der Waals surface area contributed by atoms with Crippen LogP contribution >= 0.6 is 0 Å². The summed E-state index contributed by atoms with van der Waals surface area (Å²) in [5.41, 5.74) is -0.109. The van der Waals surface area contributed by atoms with Crippen molar-refractivity contribution in [2.45, 2.75) is 55.7 Å². The molecule has 0 atom stereocenters. The molecule has 2 aliphatic rings. The van der Waals surface area contributed by atoms with Crippen molar-refractivity contribution in [2.75, 3.05) is 13.2 Å². The lowest BCUT2D eigenvalue weighted by molar-refractivity contribution is -0.0973. The van der Waals surface area contributed by atoms with Crippen LogP contribution in [0.2, 0.25) is 0 Å². The Morgan fingerprint density at radius 1 is 1.08 bits per heavy atom. The quantitative estimate of drug-likeness (QED) is 0.857. The number of alkyl halides is 3. The Morgan fingerprint density at radius 2 is 1.75 bits per heavy atom. The Morgan fingerprint density at radius 3 is 2.29 bits per heavy atom. The molecule has 1 aliphatic carbocycles. The van der Waals surface area contributed by atoms with Crippen molar-refractivity contribution >= 4 is 0 Å². The van der Waals surface area contributed by atoms with E-state index in [1.54, 1.807) is 0 Å². The molecule has 1 aromatic rings. The van der Waals surface area contributed by atoms with E-state index >= 15 is 0 Å². The Labute approximate surface area is 141 Å². The minimum Gasteiger partial charge on any atom is -0.381 e. The van der Waals surface area contributed by atoms with Crippen LogP contribution < -0.4 is 5.32 Å². The summed E-state index contributed by atoms with van der Waals surface area (Å²) in [6, 6.07) is 9.87. The van der Waals surface area contributed by atoms with Gasteiger partial charge in [-0.1, -0.05) is 36.9 Å². The van der Waals surface area contributed by atoms with Gasteiger partial charge in [0.25, 0.3) is 0 Å². The van der Waals surface area contributed by atoms with E-state index < -0.39 is 11.9 Å². The van der Waals surface area contributed by atoms with E-state index in [4.69, 9.17) is 4.74 Å². The molecule has 1 aliphatic heterocycles. The highest BCUT2D eigenvalue weighted by Crippen LogP contribution is 2.48. The van der Waals surface area contributed by atoms with Crippen molar-refractivity contribution in [1.82, 2.24) is 5.32 Å². The van der Waals surface area contributed by atoms with Gasteiger partial charge in [0.05, 0.1) is 5.60 Å². The minimum absolute atomic E-state index is 0.0423. The molecule has 1 saturated carbocycles. The van der Waals surface area contributed by atoms with Crippen LogP contribution in [0.5, 0.6) is 0 Å². The average Bonchev–Trinajstić information content (AvgIpc) is 3.03. The minimum atomic E-state index is -4.40. The summed E-state index contributed by atoms with van der Waals surface area (Å²) in [6.45, 7) is 4.21. The SMILES string of the molecule is C=C(NCC1(c2ccccc2)CCC2(CCCO2)CC1)C(F)(F)F. The van der Waals surface area contributed by atoms with E-state index in [2.05, 4.69) is 11.9 Å². The predicted octanol–water partition coefficient (Wildman–Crippen LogP) is 4.71. The molecular weight excluding hydrogens is 315 g/mol. The molecular formula is C19H24F3NO. The first-order valence-electron chi connectivity index (χ1n) is 8.55. The summed E-state index contributed by atoms with van der Waals surface area (Å²) in [7, 11) is 0. The van der Waals surface area contributed by atoms with E-state index in [1.807, 2.05) is 30.3 Å². The number of nitrogens with one attached hydrogen (secondary N) is 1. The van der Waals surface area contributed by atoms with Crippen LogP contribution in [0.4, 0.5) is 13.2 Å². The van der Waals surface area contributed by atoms with Crippen molar-refractivity contribution in [2.24, 2.45) is 0 Å². The molecule has 0 radical (unpaired) electrons. The molecule has 1 heterocycles. The average molecular weight is 339 g/mol. The predicted molar refractivity (Wildman–Crippen MR) is 87.7 cm³/mol. The molecule has 1 saturated heterocycles. The van der Waals surface area contributed by atoms with Crippen molar-refractivity contribution in [3.8, 4) is 0 Å². The van der Waals surface area contributed by atoms with Crippen LogP contribution in [-0.2, 0) is 10.2 Å². The molecule has 1 N–H and O–H groups in total. The Kier molecular flexibility index (Phi) is 4.65. The zero-order chi connectivity index (χ0) is 17.3. The van der Waals surface area contributed by atoms with Crippen molar-refractivity contribution in [1.29, 1.82) is 0 Å². The molecule has 132 valence electrons. The molecule has 0 bridgehead atoms. The van der Waals surface area contributed by atoms with Gasteiger partial charge in [-0.25, -0.2) is 0 Å². The molecule has 0 unspecified atom stereocenters. The fraction of sp³-hybridized carbons (Fsp3) is 0.579. The number of halogens is 3. The first kappa shape index (κ1) is 17.3. The van der Waals surface area contributed by atoms with Gasteiger partial charge in [0.1, 0.15) is 5.70 Å². The maximum atomic E-state index is 12.8. The van der Waals surface area contributed by atoms with Crippen LogP contribution in [0.25, 0.3) is 0 Å². The Hall–Kier alpha value is -1.49. The Bertz CT molecular complexity index is 566. The van der Waals surface area contributed by atoms with Crippen LogP contribution in [0.15, 0.2) is 42.6 Å². The third-order valence-electron chi connectivity index (χ3n) is 5.67. The molecule has 5 heteroatoms. The van der Waals surface area contributed by atoms with Crippen LogP contribution in [-0.4, -0.2) is 24.9 Å². The van der Waals surface area contributed by atoms with Gasteiger partial charge in [0.15, 0.2) is 0 Å². The fourth-order valence-electron chi connectivity index (χ4n) is 4.07. The summed E-state index contributed by atoms with van der Waals surface area (Å²) in [5.74, 6) is 0. The highest BCUT2D eigenvalue weighted by molar-refractivity contribution is 5.28. The summed E-state index contributed by atoms with van der Waals surface area (Å²) in [5, 5.41) is 2.55. The number of hydrogen-bond donors (Lipinski definition) is 1. The van der Waals surface area contributed by atoms with Crippen LogP contribution in [0.3, 0.4) is 0 Å². The maximum absolute atomic E-state index is 12.8. The van der Waals surface area contributed by atoms with Crippen LogP contribution in [0, 0.1) is 0 Å². The van der Waals surface area contributed by atoms with Gasteiger partial charge in [-0.3, -0.25) is 0 Å². The lowest BCUT2D eigenvalue weighted by Gasteiger charge is -2.45. The largest absolute Gasteiger partial charge is 0.430 e. The van der Waals surface area contributed by atoms with E-state index in [0.717, 1.165) is 50.7 Å². The molecule has 0 amide bonds. The third kappa shape index (κ3) is 3.46. The second-order valence-corrected chi connectivity index (χ2v) is 7.11. The fourth-order valence-corrected chi connectivity index (χ4v) is 4.07. The van der Waals surface area contributed by atoms with E-state index in [0.29, 0.717) is 0 Å². The van der Waals surface area contributed by atoms with Gasteiger partial charge in [0, 0.05) is 18.6 Å². The molecule has 2 nitrogen and oxygen atoms in total. The van der Waals surface area contributed by atoms with E-state index in [-0.39, 0.29) is 17.6 Å². The lowest BCUT2D eigenvalue weighted by atomic mass is 9.64. The number of hydrogen-bond acceptors (Lipinski definition) is 2. The van der Waals surface area contributed by atoms with E-state index in [9.17, 15) is 13.2 Å². The smallest absolute Gasteiger partial charge is 0.381 e. The summed E-state index contributed by atoms with van der Waals surface area (Å²) < 4.78 is 44.3. The first-order chi connectivity index (χ1) is 11.4. The topological polar surface area (TPSA) is 21.3 Å². The molecule has 1 spiro atoms. The standard InChI is InChI=1S/C19H24F3NO/c1-15(19(20,21)22)23-14-17(16-6-3-2-4-7-16)9-11-18(12-10-17)8-5-13-24-18/h2-4,6-7,23H,1,5,8-14H2. The molecule has 3 rings (SSSR count). The lowest BCUT2D eigenvalue weighted by Crippen LogP contribution is -2.47. The van der Waals surface area contributed by atoms with Gasteiger partial charge in [-0.15, -0.1) is 0 Å². The first-order valence-corrected chi connectivity index (χ1v) is 8.55. The molecule has 0 aromatic heterocycles. The monoisotopic (exact) mass is 339 g/mol. The zero-order valence-electron chi connectivity index (χ0n) is 13.8. The third-order valence-corrected chi connectivity index (χ3v) is 5.67. The normalized spacial score (nSPS) is 30.5. The summed E-state index contributed by atoms with van der Waals surface area (Å²) in [4.78, 5) is 0. The maximum Gasteiger partial charge on any atom is 0.430 e. The second-order valence-electron chi connectivity index (χ2n) is 7.11. The number of benzene rings is 1. The van der Waals surface area contributed by atoms with Crippen molar-refractivity contribution in [3.63, 3.8) is 0 Å². The molecule has 1 aromatic carbocycles. The van der Waals surface area contributed by atoms with Crippen LogP contribution in [0.1, 0.15) is 44.1 Å². The van der Waals surface area contributed by atoms with E-state index in [1.165, 1.54) is 0 Å². The highest BCUT2D eigenvalue weighted by Gasteiger charge is 2.46. The molecule has 24 heavy (non-hydrogen) atoms. The van der Waals surface area contributed by atoms with Gasteiger partial charge < -0.3 is 10.1 Å². The highest BCUT2D eigenvalue weighted by atomic mass is 19.4. The summed E-state index contributed by atoms with van der Waals surface area (Å²) in [6.07, 6.45) is 1.22. The van der Waals surface area contributed by atoms with Gasteiger partial charge in [-0.2, -0.15) is 13.2 Å². The van der Waals surface area contributed by atoms with Gasteiger partial charge in [-0.05, 0) is 44.1 Å². The number of rotatable bonds is 4. The van der Waals surface area contributed by atoms with Gasteiger partial charge >= 0.3 is 6.18 Å². The zero-order valence-corrected chi connectivity index (χ0v) is 13.8. The van der Waals surface area contributed by atoms with Crippen molar-refractivity contribution < 1.29 is 17.9 Å². The molecule has 2 fully saturated rings. The number of allylic oxidation sites excluding steroid dienone is 1. The number of ether oxygens (including phenoxy) is 1. The van der Waals surface area contributed by atoms with Crippen molar-refractivity contribution in [3.05, 3.63) is 48.2 Å². The Balaban J connectivity index is 1.77. The van der Waals surface area contributed by atoms with Gasteiger partial charge in [0.2, 0.25) is 0 Å². The summed E-state index contributed by atoms with van der Waals surface area (Å²) >= 11 is 0.